The van der Waals surface area contributed by atoms with Crippen LogP contribution in [0.25, 0.3) is 10.8 Å². The fourth-order valence-corrected chi connectivity index (χ4v) is 2.28. The average molecular weight is 276 g/mol. The minimum absolute atomic E-state index is 0.0610. The lowest BCUT2D eigenvalue weighted by molar-refractivity contribution is -0.114. The van der Waals surface area contributed by atoms with Gasteiger partial charge >= 0.3 is 0 Å². The van der Waals surface area contributed by atoms with Crippen LogP contribution in [-0.4, -0.2) is 12.5 Å². The highest BCUT2D eigenvalue weighted by atomic mass is 16.1. The first-order valence-electron chi connectivity index (χ1n) is 6.89. The molecule has 0 aliphatic heterocycles. The van der Waals surface area contributed by atoms with Crippen molar-refractivity contribution in [2.75, 3.05) is 17.2 Å². The van der Waals surface area contributed by atoms with Crippen molar-refractivity contribution in [2.45, 2.75) is 0 Å². The molecule has 0 saturated heterocycles. The van der Waals surface area contributed by atoms with Gasteiger partial charge in [-0.3, -0.25) is 4.79 Å². The molecule has 0 saturated carbocycles. The second kappa shape index (κ2) is 6.09. The van der Waals surface area contributed by atoms with Gasteiger partial charge in [-0.15, -0.1) is 0 Å². The molecule has 3 rings (SSSR count). The van der Waals surface area contributed by atoms with E-state index in [1.807, 2.05) is 60.7 Å². The van der Waals surface area contributed by atoms with E-state index in [0.29, 0.717) is 0 Å². The second-order valence-corrected chi connectivity index (χ2v) is 4.79. The van der Waals surface area contributed by atoms with Gasteiger partial charge < -0.3 is 10.6 Å². The van der Waals surface area contributed by atoms with Gasteiger partial charge in [-0.2, -0.15) is 0 Å². The molecule has 3 aromatic carbocycles. The molecule has 104 valence electrons. The Hall–Kier alpha value is -2.81. The molecule has 0 radical (unpaired) electrons. The van der Waals surface area contributed by atoms with E-state index in [2.05, 4.69) is 22.8 Å². The van der Waals surface area contributed by atoms with E-state index in [4.69, 9.17) is 0 Å². The van der Waals surface area contributed by atoms with Crippen LogP contribution in [0.1, 0.15) is 0 Å². The largest absolute Gasteiger partial charge is 0.376 e. The first-order valence-corrected chi connectivity index (χ1v) is 6.89. The maximum Gasteiger partial charge on any atom is 0.243 e. The number of carbonyl (C=O) groups excluding carboxylic acids is 1. The summed E-state index contributed by atoms with van der Waals surface area (Å²) in [6.45, 7) is 0.239. The van der Waals surface area contributed by atoms with Crippen LogP contribution in [-0.2, 0) is 4.79 Å². The third-order valence-corrected chi connectivity index (χ3v) is 3.29. The molecule has 3 nitrogen and oxygen atoms in total. The average Bonchev–Trinajstić information content (AvgIpc) is 2.54. The Kier molecular flexibility index (Phi) is 3.83. The molecule has 0 fully saturated rings. The minimum Gasteiger partial charge on any atom is -0.376 e. The quantitative estimate of drug-likeness (QED) is 0.759. The fraction of sp³-hybridized carbons (Fsp3) is 0.0556. The van der Waals surface area contributed by atoms with Gasteiger partial charge in [-0.25, -0.2) is 0 Å². The van der Waals surface area contributed by atoms with Crippen molar-refractivity contribution in [2.24, 2.45) is 0 Å². The maximum absolute atomic E-state index is 11.9. The van der Waals surface area contributed by atoms with Crippen LogP contribution in [0.2, 0.25) is 0 Å². The van der Waals surface area contributed by atoms with Gasteiger partial charge in [0.15, 0.2) is 0 Å². The highest BCUT2D eigenvalue weighted by Gasteiger charge is 2.04. The molecular weight excluding hydrogens is 260 g/mol. The van der Waals surface area contributed by atoms with Crippen LogP contribution in [0.3, 0.4) is 0 Å². The number of hydrogen-bond acceptors (Lipinski definition) is 2. The molecule has 3 heteroatoms. The first kappa shape index (κ1) is 13.2. The Morgan fingerprint density at radius 3 is 2.38 bits per heavy atom. The van der Waals surface area contributed by atoms with Gasteiger partial charge in [0.25, 0.3) is 0 Å². The van der Waals surface area contributed by atoms with Crippen molar-refractivity contribution in [1.82, 2.24) is 0 Å². The van der Waals surface area contributed by atoms with Crippen molar-refractivity contribution in [1.29, 1.82) is 0 Å². The van der Waals surface area contributed by atoms with E-state index in [1.165, 1.54) is 0 Å². The van der Waals surface area contributed by atoms with Crippen LogP contribution in [0.5, 0.6) is 0 Å². The van der Waals surface area contributed by atoms with E-state index in [0.717, 1.165) is 22.1 Å². The van der Waals surface area contributed by atoms with E-state index in [9.17, 15) is 4.79 Å². The van der Waals surface area contributed by atoms with Crippen molar-refractivity contribution < 1.29 is 4.79 Å². The number of carbonyl (C=O) groups is 1. The van der Waals surface area contributed by atoms with Crippen LogP contribution >= 0.6 is 0 Å². The number of rotatable bonds is 4. The van der Waals surface area contributed by atoms with Crippen LogP contribution in [0, 0.1) is 0 Å². The van der Waals surface area contributed by atoms with Crippen LogP contribution in [0.4, 0.5) is 11.4 Å². The molecule has 0 bridgehead atoms. The SMILES string of the molecule is O=C(CNc1cccc2ccccc12)Nc1ccccc1. The van der Waals surface area contributed by atoms with E-state index in [1.54, 1.807) is 0 Å². The molecule has 0 spiro atoms. The van der Waals surface area contributed by atoms with Crippen LogP contribution < -0.4 is 10.6 Å². The lowest BCUT2D eigenvalue weighted by atomic mass is 10.1. The zero-order valence-electron chi connectivity index (χ0n) is 11.5. The van der Waals surface area contributed by atoms with Gasteiger partial charge in [0, 0.05) is 16.8 Å². The number of anilines is 2. The van der Waals surface area contributed by atoms with Gasteiger partial charge in [-0.1, -0.05) is 54.6 Å². The Bertz CT molecular complexity index is 748. The molecule has 1 amide bonds. The molecule has 0 unspecified atom stereocenters. The molecule has 0 heterocycles. The lowest BCUT2D eigenvalue weighted by Gasteiger charge is -2.10. The van der Waals surface area contributed by atoms with Crippen molar-refractivity contribution >= 4 is 28.1 Å². The Labute approximate surface area is 123 Å². The minimum atomic E-state index is -0.0610. The summed E-state index contributed by atoms with van der Waals surface area (Å²) in [7, 11) is 0. The predicted molar refractivity (Wildman–Crippen MR) is 87.5 cm³/mol. The standard InChI is InChI=1S/C18H16N2O/c21-18(20-15-9-2-1-3-10-15)13-19-17-12-6-8-14-7-4-5-11-16(14)17/h1-12,19H,13H2,(H,20,21). The van der Waals surface area contributed by atoms with E-state index in [-0.39, 0.29) is 12.5 Å². The highest BCUT2D eigenvalue weighted by Crippen LogP contribution is 2.22. The summed E-state index contributed by atoms with van der Waals surface area (Å²) >= 11 is 0. The summed E-state index contributed by atoms with van der Waals surface area (Å²) in [4.78, 5) is 11.9. The number of hydrogen-bond donors (Lipinski definition) is 2. The molecule has 3 aromatic rings. The van der Waals surface area contributed by atoms with Gasteiger partial charge in [0.2, 0.25) is 5.91 Å². The number of para-hydroxylation sites is 1. The van der Waals surface area contributed by atoms with E-state index < -0.39 is 0 Å². The summed E-state index contributed by atoms with van der Waals surface area (Å²) in [5.41, 5.74) is 1.78. The molecule has 0 aliphatic carbocycles. The molecule has 2 N–H and O–H groups in total. The van der Waals surface area contributed by atoms with Crippen LogP contribution in [0.15, 0.2) is 72.8 Å². The summed E-state index contributed by atoms with van der Waals surface area (Å²) in [5, 5.41) is 8.33. The number of nitrogens with one attached hydrogen (secondary N) is 2. The second-order valence-electron chi connectivity index (χ2n) is 4.79. The van der Waals surface area contributed by atoms with Crippen molar-refractivity contribution in [3.63, 3.8) is 0 Å². The Morgan fingerprint density at radius 1 is 0.810 bits per heavy atom. The van der Waals surface area contributed by atoms with Gasteiger partial charge in [-0.05, 0) is 23.6 Å². The maximum atomic E-state index is 11.9. The Balaban J connectivity index is 1.68. The zero-order valence-corrected chi connectivity index (χ0v) is 11.5. The normalized spacial score (nSPS) is 10.3. The summed E-state index contributed by atoms with van der Waals surface area (Å²) < 4.78 is 0. The topological polar surface area (TPSA) is 41.1 Å². The lowest BCUT2D eigenvalue weighted by Crippen LogP contribution is -2.21. The molecule has 0 aromatic heterocycles. The zero-order chi connectivity index (χ0) is 14.5. The number of fused-ring (bicyclic) bond motifs is 1. The number of benzene rings is 3. The third kappa shape index (κ3) is 3.20. The Morgan fingerprint density at radius 2 is 1.52 bits per heavy atom. The summed E-state index contributed by atoms with van der Waals surface area (Å²) in [6, 6.07) is 23.6. The summed E-state index contributed by atoms with van der Waals surface area (Å²) in [6.07, 6.45) is 0. The summed E-state index contributed by atoms with van der Waals surface area (Å²) in [5.74, 6) is -0.0610. The van der Waals surface area contributed by atoms with Gasteiger partial charge in [0.1, 0.15) is 0 Å². The van der Waals surface area contributed by atoms with Crippen molar-refractivity contribution in [3.8, 4) is 0 Å². The monoisotopic (exact) mass is 276 g/mol. The highest BCUT2D eigenvalue weighted by molar-refractivity contribution is 5.97. The number of amides is 1. The van der Waals surface area contributed by atoms with Crippen molar-refractivity contribution in [3.05, 3.63) is 72.8 Å². The molecule has 0 aliphatic rings. The third-order valence-electron chi connectivity index (χ3n) is 3.29. The predicted octanol–water partition coefficient (Wildman–Crippen LogP) is 3.89. The first-order chi connectivity index (χ1) is 10.3. The molecule has 21 heavy (non-hydrogen) atoms. The van der Waals surface area contributed by atoms with E-state index >= 15 is 0 Å². The smallest absolute Gasteiger partial charge is 0.243 e. The molecule has 0 atom stereocenters. The molecular formula is C18H16N2O. The fourth-order valence-electron chi connectivity index (χ4n) is 2.28. The van der Waals surface area contributed by atoms with Gasteiger partial charge in [0.05, 0.1) is 6.54 Å².